The van der Waals surface area contributed by atoms with Gasteiger partial charge in [-0.05, 0) is 29.3 Å². The number of sulfonamides is 1. The van der Waals surface area contributed by atoms with Gasteiger partial charge in [0.1, 0.15) is 4.90 Å². The minimum atomic E-state index is -3.64. The van der Waals surface area contributed by atoms with Crippen LogP contribution in [0.3, 0.4) is 0 Å². The molecule has 3 rings (SSSR count). The maximum Gasteiger partial charge on any atom is 0.242 e. The van der Waals surface area contributed by atoms with E-state index in [0.29, 0.717) is 6.54 Å². The summed E-state index contributed by atoms with van der Waals surface area (Å²) in [7, 11) is -3.64. The van der Waals surface area contributed by atoms with Crippen molar-refractivity contribution in [2.24, 2.45) is 0 Å². The highest BCUT2D eigenvalue weighted by atomic mass is 35.5. The van der Waals surface area contributed by atoms with Crippen LogP contribution < -0.4 is 4.72 Å². The van der Waals surface area contributed by atoms with Crippen LogP contribution in [0, 0.1) is 0 Å². The van der Waals surface area contributed by atoms with Crippen molar-refractivity contribution in [3.05, 3.63) is 83.1 Å². The van der Waals surface area contributed by atoms with Crippen LogP contribution in [0.2, 0.25) is 5.02 Å². The summed E-state index contributed by atoms with van der Waals surface area (Å²) in [5.41, 5.74) is 1.96. The number of aromatic nitrogens is 2. The lowest BCUT2D eigenvalue weighted by Gasteiger charge is -2.09. The molecule has 1 N–H and O–H groups in total. The van der Waals surface area contributed by atoms with E-state index in [2.05, 4.69) is 9.82 Å². The van der Waals surface area contributed by atoms with Crippen molar-refractivity contribution in [1.82, 2.24) is 14.5 Å². The average Bonchev–Trinajstić information content (AvgIpc) is 3.07. The van der Waals surface area contributed by atoms with Gasteiger partial charge >= 0.3 is 0 Å². The predicted molar refractivity (Wildman–Crippen MR) is 93.2 cm³/mol. The Labute approximate surface area is 145 Å². The summed E-state index contributed by atoms with van der Waals surface area (Å²) < 4.78 is 29.0. The molecule has 2 aromatic carbocycles. The zero-order chi connectivity index (χ0) is 17.0. The SMILES string of the molecule is O=S(=O)(NCc1ccc(Cn2cccn2)cc1)c1ccccc1Cl. The highest BCUT2D eigenvalue weighted by Gasteiger charge is 2.16. The van der Waals surface area contributed by atoms with Gasteiger partial charge in [-0.2, -0.15) is 5.10 Å². The van der Waals surface area contributed by atoms with E-state index in [1.165, 1.54) is 6.07 Å². The minimum absolute atomic E-state index is 0.0852. The first kappa shape index (κ1) is 16.7. The third-order valence-corrected chi connectivity index (χ3v) is 5.42. The molecular formula is C17H16ClN3O2S. The van der Waals surface area contributed by atoms with E-state index < -0.39 is 10.0 Å². The molecule has 0 aliphatic heterocycles. The fourth-order valence-electron chi connectivity index (χ4n) is 2.26. The molecule has 5 nitrogen and oxygen atoms in total. The largest absolute Gasteiger partial charge is 0.268 e. The van der Waals surface area contributed by atoms with Crippen LogP contribution in [0.4, 0.5) is 0 Å². The highest BCUT2D eigenvalue weighted by Crippen LogP contribution is 2.20. The molecule has 24 heavy (non-hydrogen) atoms. The normalized spacial score (nSPS) is 11.5. The Hall–Kier alpha value is -2.15. The van der Waals surface area contributed by atoms with E-state index in [1.807, 2.05) is 41.2 Å². The topological polar surface area (TPSA) is 64.0 Å². The first-order valence-corrected chi connectivity index (χ1v) is 9.20. The Kier molecular flexibility index (Phi) is 4.99. The van der Waals surface area contributed by atoms with Gasteiger partial charge in [-0.3, -0.25) is 4.68 Å². The Morgan fingerprint density at radius 3 is 2.38 bits per heavy atom. The Bertz CT molecular complexity index is 907. The van der Waals surface area contributed by atoms with E-state index in [4.69, 9.17) is 11.6 Å². The van der Waals surface area contributed by atoms with Crippen LogP contribution in [0.25, 0.3) is 0 Å². The zero-order valence-electron chi connectivity index (χ0n) is 12.8. The monoisotopic (exact) mass is 361 g/mol. The summed E-state index contributed by atoms with van der Waals surface area (Å²) in [6.45, 7) is 0.883. The molecule has 0 aliphatic rings. The standard InChI is InChI=1S/C17H16ClN3O2S/c18-16-4-1-2-5-17(16)24(22,23)20-12-14-6-8-15(9-7-14)13-21-11-3-10-19-21/h1-11,20H,12-13H2. The first-order chi connectivity index (χ1) is 11.5. The van der Waals surface area contributed by atoms with Crippen LogP contribution in [0.15, 0.2) is 71.9 Å². The molecular weight excluding hydrogens is 346 g/mol. The Morgan fingerprint density at radius 1 is 1.00 bits per heavy atom. The summed E-state index contributed by atoms with van der Waals surface area (Å²) in [6, 6.07) is 16.0. The molecule has 0 fully saturated rings. The van der Waals surface area contributed by atoms with Crippen LogP contribution in [-0.4, -0.2) is 18.2 Å². The second-order valence-corrected chi connectivity index (χ2v) is 7.42. The van der Waals surface area contributed by atoms with Gasteiger partial charge < -0.3 is 0 Å². The number of nitrogens with one attached hydrogen (secondary N) is 1. The van der Waals surface area contributed by atoms with E-state index in [-0.39, 0.29) is 16.5 Å². The predicted octanol–water partition coefficient (Wildman–Crippen LogP) is 3.06. The van der Waals surface area contributed by atoms with Crippen molar-refractivity contribution >= 4 is 21.6 Å². The fraction of sp³-hybridized carbons (Fsp3) is 0.118. The van der Waals surface area contributed by atoms with E-state index in [9.17, 15) is 8.42 Å². The van der Waals surface area contributed by atoms with Gasteiger partial charge in [-0.1, -0.05) is 48.0 Å². The fourth-order valence-corrected chi connectivity index (χ4v) is 3.80. The van der Waals surface area contributed by atoms with Crippen molar-refractivity contribution in [2.45, 2.75) is 18.0 Å². The molecule has 1 heterocycles. The second kappa shape index (κ2) is 7.17. The van der Waals surface area contributed by atoms with Crippen LogP contribution in [0.5, 0.6) is 0 Å². The van der Waals surface area contributed by atoms with Gasteiger partial charge in [-0.15, -0.1) is 0 Å². The average molecular weight is 362 g/mol. The Balaban J connectivity index is 1.65. The van der Waals surface area contributed by atoms with E-state index in [0.717, 1.165) is 11.1 Å². The van der Waals surface area contributed by atoms with E-state index in [1.54, 1.807) is 24.4 Å². The third-order valence-electron chi connectivity index (χ3n) is 3.52. The van der Waals surface area contributed by atoms with Gasteiger partial charge in [0.25, 0.3) is 0 Å². The molecule has 3 aromatic rings. The summed E-state index contributed by atoms with van der Waals surface area (Å²) >= 11 is 5.95. The van der Waals surface area contributed by atoms with Crippen LogP contribution in [0.1, 0.15) is 11.1 Å². The molecule has 0 amide bonds. The van der Waals surface area contributed by atoms with Gasteiger partial charge in [0.2, 0.25) is 10.0 Å². The molecule has 0 atom stereocenters. The van der Waals surface area contributed by atoms with Crippen molar-refractivity contribution in [1.29, 1.82) is 0 Å². The molecule has 0 aliphatic carbocycles. The lowest BCUT2D eigenvalue weighted by Crippen LogP contribution is -2.23. The molecule has 0 spiro atoms. The van der Waals surface area contributed by atoms with Gasteiger partial charge in [-0.25, -0.2) is 13.1 Å². The molecule has 0 saturated carbocycles. The lowest BCUT2D eigenvalue weighted by molar-refractivity contribution is 0.581. The number of hydrogen-bond acceptors (Lipinski definition) is 3. The maximum absolute atomic E-state index is 12.3. The molecule has 0 bridgehead atoms. The number of nitrogens with zero attached hydrogens (tertiary/aromatic N) is 2. The molecule has 0 radical (unpaired) electrons. The Morgan fingerprint density at radius 2 is 1.71 bits per heavy atom. The van der Waals surface area contributed by atoms with Crippen LogP contribution in [-0.2, 0) is 23.1 Å². The van der Waals surface area contributed by atoms with Crippen molar-refractivity contribution in [2.75, 3.05) is 0 Å². The number of benzene rings is 2. The summed E-state index contributed by atoms with van der Waals surface area (Å²) in [5.74, 6) is 0. The summed E-state index contributed by atoms with van der Waals surface area (Å²) in [5, 5.41) is 4.36. The smallest absolute Gasteiger partial charge is 0.242 e. The highest BCUT2D eigenvalue weighted by molar-refractivity contribution is 7.89. The molecule has 0 saturated heterocycles. The first-order valence-electron chi connectivity index (χ1n) is 7.34. The van der Waals surface area contributed by atoms with Crippen molar-refractivity contribution in [3.8, 4) is 0 Å². The zero-order valence-corrected chi connectivity index (χ0v) is 14.3. The molecule has 0 unspecified atom stereocenters. The quantitative estimate of drug-likeness (QED) is 0.733. The van der Waals surface area contributed by atoms with E-state index >= 15 is 0 Å². The maximum atomic E-state index is 12.3. The minimum Gasteiger partial charge on any atom is -0.268 e. The van der Waals surface area contributed by atoms with Gasteiger partial charge in [0.05, 0.1) is 11.6 Å². The number of halogens is 1. The summed E-state index contributed by atoms with van der Waals surface area (Å²) in [4.78, 5) is 0.0852. The van der Waals surface area contributed by atoms with Crippen molar-refractivity contribution in [3.63, 3.8) is 0 Å². The van der Waals surface area contributed by atoms with Gasteiger partial charge in [0.15, 0.2) is 0 Å². The molecule has 1 aromatic heterocycles. The molecule has 124 valence electrons. The second-order valence-electron chi connectivity index (χ2n) is 5.28. The number of rotatable bonds is 6. The number of hydrogen-bond donors (Lipinski definition) is 1. The lowest BCUT2D eigenvalue weighted by atomic mass is 10.1. The molecule has 7 heteroatoms. The van der Waals surface area contributed by atoms with Gasteiger partial charge in [0, 0.05) is 18.9 Å². The summed E-state index contributed by atoms with van der Waals surface area (Å²) in [6.07, 6.45) is 3.63. The third kappa shape index (κ3) is 4.03. The van der Waals surface area contributed by atoms with Crippen LogP contribution >= 0.6 is 11.6 Å². The van der Waals surface area contributed by atoms with Crippen molar-refractivity contribution < 1.29 is 8.42 Å².